The lowest BCUT2D eigenvalue weighted by Gasteiger charge is -2.16. The van der Waals surface area contributed by atoms with E-state index in [-0.39, 0.29) is 18.2 Å². The average Bonchev–Trinajstić information content (AvgIpc) is 3.36. The van der Waals surface area contributed by atoms with E-state index in [1.165, 1.54) is 11.8 Å². The fourth-order valence-electron chi connectivity index (χ4n) is 3.65. The molecule has 0 spiro atoms. The van der Waals surface area contributed by atoms with Crippen LogP contribution in [0.1, 0.15) is 24.5 Å². The van der Waals surface area contributed by atoms with E-state index in [0.717, 1.165) is 11.1 Å². The van der Waals surface area contributed by atoms with Crippen LogP contribution in [-0.4, -0.2) is 38.0 Å². The number of halogens is 1. The molecule has 0 radical (unpaired) electrons. The molecule has 0 bridgehead atoms. The molecule has 32 heavy (non-hydrogen) atoms. The molecule has 1 atom stereocenters. The summed E-state index contributed by atoms with van der Waals surface area (Å²) in [6.07, 6.45) is 0.201. The number of nitrogens with zero attached hydrogens (tertiary/aromatic N) is 4. The number of hydrogen-bond donors (Lipinski definition) is 1. The first-order valence-electron chi connectivity index (χ1n) is 10.5. The molecular formula is C23H24ClN5O2S. The van der Waals surface area contributed by atoms with E-state index < -0.39 is 5.92 Å². The van der Waals surface area contributed by atoms with Crippen LogP contribution in [0.4, 0.5) is 5.95 Å². The first-order valence-corrected chi connectivity index (χ1v) is 11.8. The number of carbonyl (C=O) groups is 2. The summed E-state index contributed by atoms with van der Waals surface area (Å²) in [5, 5.41) is 12.7. The second kappa shape index (κ2) is 10.2. The van der Waals surface area contributed by atoms with E-state index in [4.69, 9.17) is 11.6 Å². The Morgan fingerprint density at radius 1 is 1.16 bits per heavy atom. The third-order valence-electron chi connectivity index (χ3n) is 5.38. The van der Waals surface area contributed by atoms with Crippen LogP contribution in [0.5, 0.6) is 0 Å². The van der Waals surface area contributed by atoms with Crippen molar-refractivity contribution < 1.29 is 9.59 Å². The van der Waals surface area contributed by atoms with Gasteiger partial charge < -0.3 is 4.90 Å². The van der Waals surface area contributed by atoms with Crippen molar-refractivity contribution in [1.82, 2.24) is 19.7 Å². The van der Waals surface area contributed by atoms with Crippen LogP contribution in [0, 0.1) is 5.92 Å². The second-order valence-electron chi connectivity index (χ2n) is 7.58. The van der Waals surface area contributed by atoms with Crippen molar-refractivity contribution >= 4 is 41.1 Å². The fourth-order valence-corrected chi connectivity index (χ4v) is 4.94. The quantitative estimate of drug-likeness (QED) is 0.499. The zero-order chi connectivity index (χ0) is 22.5. The number of carbonyl (C=O) groups excluding carboxylic acids is 2. The molecule has 1 unspecified atom stereocenters. The standard InChI is InChI=1S/C23H24ClN5O2S/c1-2-29-22(26-27-23(29)32-15-17-10-6-7-11-19(17)24)25-21(31)18-12-20(30)28(14-18)13-16-8-4-3-5-9-16/h3-11,18H,2,12-15H2,1H3,(H,25,26,31). The summed E-state index contributed by atoms with van der Waals surface area (Å²) in [6, 6.07) is 17.5. The van der Waals surface area contributed by atoms with Crippen LogP contribution in [0.2, 0.25) is 5.02 Å². The molecule has 2 heterocycles. The normalized spacial score (nSPS) is 15.9. The van der Waals surface area contributed by atoms with Gasteiger partial charge in [-0.05, 0) is 24.1 Å². The van der Waals surface area contributed by atoms with E-state index in [1.807, 2.05) is 66.1 Å². The number of aromatic nitrogens is 3. The van der Waals surface area contributed by atoms with Gasteiger partial charge in [0, 0.05) is 36.8 Å². The maximum atomic E-state index is 12.9. The van der Waals surface area contributed by atoms with Crippen LogP contribution in [-0.2, 0) is 28.4 Å². The molecule has 2 amide bonds. The van der Waals surface area contributed by atoms with Crippen molar-refractivity contribution in [3.05, 3.63) is 70.7 Å². The van der Waals surface area contributed by atoms with Gasteiger partial charge in [0.25, 0.3) is 0 Å². The summed E-state index contributed by atoms with van der Waals surface area (Å²) in [5.41, 5.74) is 2.06. The van der Waals surface area contributed by atoms with E-state index in [0.29, 0.717) is 41.5 Å². The van der Waals surface area contributed by atoms with E-state index in [2.05, 4.69) is 15.5 Å². The molecule has 1 saturated heterocycles. The van der Waals surface area contributed by atoms with Crippen molar-refractivity contribution in [3.63, 3.8) is 0 Å². The van der Waals surface area contributed by atoms with Gasteiger partial charge in [-0.1, -0.05) is 71.9 Å². The molecule has 4 rings (SSSR count). The summed E-state index contributed by atoms with van der Waals surface area (Å²) >= 11 is 7.75. The van der Waals surface area contributed by atoms with E-state index in [9.17, 15) is 9.59 Å². The molecule has 0 aliphatic carbocycles. The molecule has 1 N–H and O–H groups in total. The topological polar surface area (TPSA) is 80.1 Å². The first-order chi connectivity index (χ1) is 15.5. The van der Waals surface area contributed by atoms with Gasteiger partial charge in [0.05, 0.1) is 5.92 Å². The number of nitrogens with one attached hydrogen (secondary N) is 1. The van der Waals surface area contributed by atoms with Gasteiger partial charge in [0.1, 0.15) is 0 Å². The molecule has 9 heteroatoms. The lowest BCUT2D eigenvalue weighted by Crippen LogP contribution is -2.28. The number of likely N-dealkylation sites (tertiary alicyclic amines) is 1. The number of amides is 2. The largest absolute Gasteiger partial charge is 0.338 e. The Kier molecular flexibility index (Phi) is 7.12. The summed E-state index contributed by atoms with van der Waals surface area (Å²) in [7, 11) is 0. The van der Waals surface area contributed by atoms with E-state index >= 15 is 0 Å². The maximum Gasteiger partial charge on any atom is 0.232 e. The minimum atomic E-state index is -0.410. The zero-order valence-electron chi connectivity index (χ0n) is 17.7. The van der Waals surface area contributed by atoms with Crippen molar-refractivity contribution in [2.75, 3.05) is 11.9 Å². The van der Waals surface area contributed by atoms with Crippen molar-refractivity contribution in [1.29, 1.82) is 0 Å². The van der Waals surface area contributed by atoms with Gasteiger partial charge in [-0.2, -0.15) is 0 Å². The number of anilines is 1. The Balaban J connectivity index is 1.38. The van der Waals surface area contributed by atoms with Gasteiger partial charge in [0.2, 0.25) is 17.8 Å². The lowest BCUT2D eigenvalue weighted by molar-refractivity contribution is -0.128. The molecular weight excluding hydrogens is 446 g/mol. The second-order valence-corrected chi connectivity index (χ2v) is 8.93. The van der Waals surface area contributed by atoms with Crippen LogP contribution in [0.3, 0.4) is 0 Å². The van der Waals surface area contributed by atoms with Crippen molar-refractivity contribution in [2.24, 2.45) is 5.92 Å². The number of rotatable bonds is 8. The molecule has 1 aliphatic rings. The molecule has 2 aromatic carbocycles. The highest BCUT2D eigenvalue weighted by atomic mass is 35.5. The monoisotopic (exact) mass is 469 g/mol. The third-order valence-corrected chi connectivity index (χ3v) is 6.77. The third kappa shape index (κ3) is 5.14. The van der Waals surface area contributed by atoms with Gasteiger partial charge in [-0.3, -0.25) is 19.5 Å². The zero-order valence-corrected chi connectivity index (χ0v) is 19.3. The smallest absolute Gasteiger partial charge is 0.232 e. The average molecular weight is 470 g/mol. The number of benzene rings is 2. The molecule has 1 fully saturated rings. The predicted octanol–water partition coefficient (Wildman–Crippen LogP) is 4.23. The van der Waals surface area contributed by atoms with E-state index in [1.54, 1.807) is 4.90 Å². The Morgan fingerprint density at radius 3 is 2.66 bits per heavy atom. The maximum absolute atomic E-state index is 12.9. The predicted molar refractivity (Wildman–Crippen MR) is 125 cm³/mol. The molecule has 1 aromatic heterocycles. The van der Waals surface area contributed by atoms with Crippen LogP contribution >= 0.6 is 23.4 Å². The van der Waals surface area contributed by atoms with Crippen LogP contribution in [0.25, 0.3) is 0 Å². The minimum Gasteiger partial charge on any atom is -0.338 e. The van der Waals surface area contributed by atoms with Crippen molar-refractivity contribution in [2.45, 2.75) is 37.3 Å². The van der Waals surface area contributed by atoms with Gasteiger partial charge in [0.15, 0.2) is 5.16 Å². The summed E-state index contributed by atoms with van der Waals surface area (Å²) in [4.78, 5) is 27.0. The van der Waals surface area contributed by atoms with Crippen LogP contribution in [0.15, 0.2) is 59.8 Å². The molecule has 166 valence electrons. The number of thioether (sulfide) groups is 1. The van der Waals surface area contributed by atoms with Gasteiger partial charge >= 0.3 is 0 Å². The number of hydrogen-bond acceptors (Lipinski definition) is 5. The molecule has 7 nitrogen and oxygen atoms in total. The van der Waals surface area contributed by atoms with Crippen LogP contribution < -0.4 is 5.32 Å². The van der Waals surface area contributed by atoms with Crippen molar-refractivity contribution in [3.8, 4) is 0 Å². The minimum absolute atomic E-state index is 0.0121. The summed E-state index contributed by atoms with van der Waals surface area (Å²) in [6.45, 7) is 3.49. The Labute approximate surface area is 196 Å². The van der Waals surface area contributed by atoms with Gasteiger partial charge in [-0.25, -0.2) is 0 Å². The lowest BCUT2D eigenvalue weighted by atomic mass is 10.1. The highest BCUT2D eigenvalue weighted by Crippen LogP contribution is 2.28. The van der Waals surface area contributed by atoms with Gasteiger partial charge in [-0.15, -0.1) is 10.2 Å². The summed E-state index contributed by atoms with van der Waals surface area (Å²) < 4.78 is 1.86. The molecule has 0 saturated carbocycles. The highest BCUT2D eigenvalue weighted by Gasteiger charge is 2.34. The Bertz CT molecular complexity index is 1100. The molecule has 1 aliphatic heterocycles. The summed E-state index contributed by atoms with van der Waals surface area (Å²) in [5.74, 6) is 0.415. The molecule has 3 aromatic rings. The SMILES string of the molecule is CCn1c(NC(=O)C2CC(=O)N(Cc3ccccc3)C2)nnc1SCc1ccccc1Cl. The fraction of sp³-hybridized carbons (Fsp3) is 0.304. The Hall–Kier alpha value is -2.84. The highest BCUT2D eigenvalue weighted by molar-refractivity contribution is 7.98. The first kappa shape index (κ1) is 22.4. The Morgan fingerprint density at radius 2 is 1.91 bits per heavy atom.